The lowest BCUT2D eigenvalue weighted by Crippen LogP contribution is -2.49. The molecule has 0 bridgehead atoms. The number of likely N-dealkylation sites (tertiary alicyclic amines) is 1. The van der Waals surface area contributed by atoms with Crippen molar-refractivity contribution >= 4 is 11.6 Å². The fourth-order valence-corrected chi connectivity index (χ4v) is 3.14. The molecule has 4 heteroatoms. The molecule has 4 nitrogen and oxygen atoms in total. The molecular weight excluding hydrogens is 264 g/mol. The number of carbonyl (C=O) groups is 1. The number of rotatable bonds is 5. The number of hydrogen-bond acceptors (Lipinski definition) is 3. The van der Waals surface area contributed by atoms with Crippen molar-refractivity contribution in [3.63, 3.8) is 0 Å². The molecule has 1 aliphatic carbocycles. The van der Waals surface area contributed by atoms with Gasteiger partial charge < -0.3 is 15.0 Å². The van der Waals surface area contributed by atoms with Crippen LogP contribution in [0.25, 0.3) is 0 Å². The van der Waals surface area contributed by atoms with Gasteiger partial charge in [-0.2, -0.15) is 0 Å². The molecule has 1 aromatic rings. The van der Waals surface area contributed by atoms with E-state index in [4.69, 9.17) is 4.74 Å². The summed E-state index contributed by atoms with van der Waals surface area (Å²) in [6.45, 7) is 1.64. The third kappa shape index (κ3) is 3.56. The molecule has 1 N–H and O–H groups in total. The van der Waals surface area contributed by atoms with E-state index in [0.29, 0.717) is 12.0 Å². The van der Waals surface area contributed by atoms with E-state index in [1.807, 2.05) is 23.1 Å². The maximum atomic E-state index is 12.6. The zero-order chi connectivity index (χ0) is 14.7. The van der Waals surface area contributed by atoms with E-state index < -0.39 is 0 Å². The van der Waals surface area contributed by atoms with Crippen molar-refractivity contribution < 1.29 is 9.53 Å². The van der Waals surface area contributed by atoms with Crippen LogP contribution in [0.2, 0.25) is 0 Å². The first-order valence-electron chi connectivity index (χ1n) is 7.91. The van der Waals surface area contributed by atoms with Crippen LogP contribution < -0.4 is 5.32 Å². The summed E-state index contributed by atoms with van der Waals surface area (Å²) in [6, 6.07) is 10.6. The van der Waals surface area contributed by atoms with E-state index in [1.54, 1.807) is 7.11 Å². The van der Waals surface area contributed by atoms with Gasteiger partial charge in [0, 0.05) is 31.9 Å². The molecule has 2 atom stereocenters. The highest BCUT2D eigenvalue weighted by Crippen LogP contribution is 2.35. The van der Waals surface area contributed by atoms with Gasteiger partial charge in [-0.1, -0.05) is 18.2 Å². The summed E-state index contributed by atoms with van der Waals surface area (Å²) in [7, 11) is 1.66. The van der Waals surface area contributed by atoms with E-state index >= 15 is 0 Å². The van der Waals surface area contributed by atoms with Crippen molar-refractivity contribution in [3.05, 3.63) is 30.3 Å². The van der Waals surface area contributed by atoms with Gasteiger partial charge in [-0.15, -0.1) is 0 Å². The van der Waals surface area contributed by atoms with Gasteiger partial charge in [0.25, 0.3) is 5.91 Å². The van der Waals surface area contributed by atoms with E-state index in [-0.39, 0.29) is 12.0 Å². The van der Waals surface area contributed by atoms with Crippen molar-refractivity contribution in [2.75, 3.05) is 25.5 Å². The molecule has 1 heterocycles. The van der Waals surface area contributed by atoms with Crippen molar-refractivity contribution in [1.29, 1.82) is 0 Å². The minimum Gasteiger partial charge on any atom is -0.381 e. The Morgan fingerprint density at radius 2 is 2.05 bits per heavy atom. The monoisotopic (exact) mass is 288 g/mol. The Balaban J connectivity index is 1.58. The summed E-state index contributed by atoms with van der Waals surface area (Å²) in [4.78, 5) is 14.6. The lowest BCUT2D eigenvalue weighted by atomic mass is 10.0. The number of nitrogens with zero attached hydrogens (tertiary/aromatic N) is 1. The lowest BCUT2D eigenvalue weighted by molar-refractivity contribution is -0.144. The Morgan fingerprint density at radius 1 is 1.29 bits per heavy atom. The van der Waals surface area contributed by atoms with Crippen LogP contribution in [-0.4, -0.2) is 43.2 Å². The molecule has 3 rings (SSSR count). The highest BCUT2D eigenvalue weighted by Gasteiger charge is 2.39. The molecule has 2 aliphatic rings. The molecule has 0 spiro atoms. The molecule has 1 saturated heterocycles. The predicted molar refractivity (Wildman–Crippen MR) is 83.2 cm³/mol. The first-order chi connectivity index (χ1) is 10.3. The van der Waals surface area contributed by atoms with E-state index in [0.717, 1.165) is 44.5 Å². The largest absolute Gasteiger partial charge is 0.381 e. The summed E-state index contributed by atoms with van der Waals surface area (Å²) in [5, 5.41) is 3.53. The number of hydrogen-bond donors (Lipinski definition) is 1. The number of carbonyl (C=O) groups excluding carboxylic acids is 1. The molecule has 0 unspecified atom stereocenters. The second kappa shape index (κ2) is 6.48. The van der Waals surface area contributed by atoms with Crippen LogP contribution in [-0.2, 0) is 9.53 Å². The van der Waals surface area contributed by atoms with E-state index in [9.17, 15) is 4.79 Å². The van der Waals surface area contributed by atoms with Gasteiger partial charge in [0.1, 0.15) is 6.10 Å². The minimum absolute atomic E-state index is 0.180. The first-order valence-corrected chi connectivity index (χ1v) is 7.91. The fourth-order valence-electron chi connectivity index (χ4n) is 3.14. The number of methoxy groups -OCH3 is 1. The molecule has 1 amide bonds. The maximum absolute atomic E-state index is 12.6. The first kappa shape index (κ1) is 14.4. The summed E-state index contributed by atoms with van der Waals surface area (Å²) < 4.78 is 5.43. The summed E-state index contributed by atoms with van der Waals surface area (Å²) >= 11 is 0. The molecule has 21 heavy (non-hydrogen) atoms. The number of nitrogens with one attached hydrogen (secondary N) is 1. The smallest absolute Gasteiger partial charge is 0.252 e. The van der Waals surface area contributed by atoms with Crippen LogP contribution >= 0.6 is 0 Å². The Labute approximate surface area is 126 Å². The number of benzene rings is 1. The van der Waals surface area contributed by atoms with Gasteiger partial charge in [-0.05, 0) is 43.7 Å². The van der Waals surface area contributed by atoms with Gasteiger partial charge in [0.2, 0.25) is 0 Å². The van der Waals surface area contributed by atoms with Crippen LogP contribution in [0.5, 0.6) is 0 Å². The van der Waals surface area contributed by atoms with Crippen molar-refractivity contribution in [3.8, 4) is 0 Å². The molecule has 114 valence electrons. The fraction of sp³-hybridized carbons (Fsp3) is 0.588. The van der Waals surface area contributed by atoms with Crippen LogP contribution in [0.1, 0.15) is 25.7 Å². The van der Waals surface area contributed by atoms with Crippen LogP contribution in [0.15, 0.2) is 30.3 Å². The van der Waals surface area contributed by atoms with Crippen molar-refractivity contribution in [2.24, 2.45) is 5.92 Å². The van der Waals surface area contributed by atoms with Gasteiger partial charge in [0.15, 0.2) is 0 Å². The van der Waals surface area contributed by atoms with Gasteiger partial charge in [-0.25, -0.2) is 0 Å². The quantitative estimate of drug-likeness (QED) is 0.905. The summed E-state index contributed by atoms with van der Waals surface area (Å²) in [5.41, 5.74) is 1.13. The third-order valence-corrected chi connectivity index (χ3v) is 4.43. The normalized spacial score (nSPS) is 23.7. The van der Waals surface area contributed by atoms with Crippen LogP contribution in [0, 0.1) is 5.92 Å². The maximum Gasteiger partial charge on any atom is 0.252 e. The molecule has 0 aromatic heterocycles. The number of ether oxygens (including phenoxy) is 1. The molecule has 1 aromatic carbocycles. The zero-order valence-corrected chi connectivity index (χ0v) is 12.6. The standard InChI is InChI=1S/C17H24N2O2/c1-21-16(13-9-10-13)17(20)19-11-5-8-15(12-19)18-14-6-3-2-4-7-14/h2-4,6-7,13,15-16,18H,5,8-12H2,1H3/t15-,16+/m1/s1. The minimum atomic E-state index is -0.222. The Hall–Kier alpha value is -1.55. The molecule has 2 fully saturated rings. The highest BCUT2D eigenvalue weighted by molar-refractivity contribution is 5.81. The average molecular weight is 288 g/mol. The molecule has 1 saturated carbocycles. The van der Waals surface area contributed by atoms with Crippen LogP contribution in [0.4, 0.5) is 5.69 Å². The second-order valence-corrected chi connectivity index (χ2v) is 6.13. The Morgan fingerprint density at radius 3 is 2.71 bits per heavy atom. The number of para-hydroxylation sites is 1. The Bertz CT molecular complexity index is 473. The van der Waals surface area contributed by atoms with E-state index in [2.05, 4.69) is 17.4 Å². The number of anilines is 1. The van der Waals surface area contributed by atoms with Gasteiger partial charge >= 0.3 is 0 Å². The lowest BCUT2D eigenvalue weighted by Gasteiger charge is -2.35. The molecular formula is C17H24N2O2. The summed E-state index contributed by atoms with van der Waals surface area (Å²) in [6.07, 6.45) is 4.20. The summed E-state index contributed by atoms with van der Waals surface area (Å²) in [5.74, 6) is 0.629. The predicted octanol–water partition coefficient (Wildman–Crippen LogP) is 2.51. The SMILES string of the molecule is CO[C@H](C(=O)N1CCC[C@@H](Nc2ccccc2)C1)C1CC1. The van der Waals surface area contributed by atoms with Gasteiger partial charge in [0.05, 0.1) is 0 Å². The van der Waals surface area contributed by atoms with Crippen molar-refractivity contribution in [2.45, 2.75) is 37.8 Å². The number of piperidine rings is 1. The highest BCUT2D eigenvalue weighted by atomic mass is 16.5. The topological polar surface area (TPSA) is 41.6 Å². The average Bonchev–Trinajstić information content (AvgIpc) is 3.34. The molecule has 0 radical (unpaired) electrons. The van der Waals surface area contributed by atoms with Crippen LogP contribution in [0.3, 0.4) is 0 Å². The van der Waals surface area contributed by atoms with Crippen molar-refractivity contribution in [1.82, 2.24) is 4.90 Å². The zero-order valence-electron chi connectivity index (χ0n) is 12.6. The molecule has 1 aliphatic heterocycles. The van der Waals surface area contributed by atoms with E-state index in [1.165, 1.54) is 0 Å². The third-order valence-electron chi connectivity index (χ3n) is 4.43. The number of amides is 1. The van der Waals surface area contributed by atoms with Gasteiger partial charge in [-0.3, -0.25) is 4.79 Å². The second-order valence-electron chi connectivity index (χ2n) is 6.13. The Kier molecular flexibility index (Phi) is 4.44.